The highest BCUT2D eigenvalue weighted by atomic mass is 16.3. The van der Waals surface area contributed by atoms with Crippen LogP contribution in [-0.4, -0.2) is 46.1 Å². The number of nitrogens with zero attached hydrogens (tertiary/aromatic N) is 1. The molecule has 1 aromatic heterocycles. The van der Waals surface area contributed by atoms with Crippen molar-refractivity contribution >= 4 is 5.91 Å². The van der Waals surface area contributed by atoms with Crippen LogP contribution in [0.5, 0.6) is 0 Å². The van der Waals surface area contributed by atoms with Gasteiger partial charge in [-0.05, 0) is 32.6 Å². The molecule has 7 heteroatoms. The number of nitrogens with one attached hydrogen (secondary N) is 2. The summed E-state index contributed by atoms with van der Waals surface area (Å²) in [4.78, 5) is 41.0. The fourth-order valence-corrected chi connectivity index (χ4v) is 2.11. The number of aromatic amines is 2. The average Bonchev–Trinajstić information content (AvgIpc) is 2.41. The number of hydrogen-bond donors (Lipinski definition) is 3. The van der Waals surface area contributed by atoms with Crippen LogP contribution in [0.25, 0.3) is 0 Å². The van der Waals surface area contributed by atoms with Gasteiger partial charge >= 0.3 is 5.69 Å². The largest absolute Gasteiger partial charge is 0.396 e. The Morgan fingerprint density at radius 2 is 1.90 bits per heavy atom. The van der Waals surface area contributed by atoms with E-state index in [9.17, 15) is 14.4 Å². The van der Waals surface area contributed by atoms with E-state index < -0.39 is 11.2 Å². The van der Waals surface area contributed by atoms with Crippen molar-refractivity contribution in [1.29, 1.82) is 0 Å². The Morgan fingerprint density at radius 1 is 1.19 bits per heavy atom. The summed E-state index contributed by atoms with van der Waals surface area (Å²) >= 11 is 0. The minimum absolute atomic E-state index is 0.0380. The van der Waals surface area contributed by atoms with Crippen molar-refractivity contribution in [2.24, 2.45) is 0 Å². The number of aryl methyl sites for hydroxylation is 1. The van der Waals surface area contributed by atoms with E-state index in [1.807, 2.05) is 0 Å². The molecule has 0 aliphatic carbocycles. The van der Waals surface area contributed by atoms with Crippen LogP contribution < -0.4 is 11.2 Å². The predicted molar refractivity (Wildman–Crippen MR) is 79.3 cm³/mol. The zero-order valence-corrected chi connectivity index (χ0v) is 12.6. The number of aliphatic hydroxyl groups is 1. The normalized spacial score (nSPS) is 10.6. The van der Waals surface area contributed by atoms with Gasteiger partial charge in [0.05, 0.1) is 0 Å². The third kappa shape index (κ3) is 5.55. The van der Waals surface area contributed by atoms with Crippen molar-refractivity contribution < 1.29 is 9.90 Å². The maximum absolute atomic E-state index is 12.0. The summed E-state index contributed by atoms with van der Waals surface area (Å²) in [7, 11) is 1.73. The number of H-pyrrole nitrogens is 2. The molecular weight excluding hydrogens is 274 g/mol. The smallest absolute Gasteiger partial charge is 0.325 e. The third-order valence-electron chi connectivity index (χ3n) is 3.42. The Hall–Kier alpha value is -1.89. The molecule has 0 bridgehead atoms. The number of amides is 1. The number of rotatable bonds is 8. The van der Waals surface area contributed by atoms with Gasteiger partial charge in [-0.1, -0.05) is 0 Å². The SMILES string of the molecule is Cc1[nH]c(=O)[nH]c(=O)c1CCC(=O)N(C)CCCCCO. The molecule has 3 N–H and O–H groups in total. The monoisotopic (exact) mass is 297 g/mol. The van der Waals surface area contributed by atoms with Gasteiger partial charge in [0.1, 0.15) is 0 Å². The summed E-state index contributed by atoms with van der Waals surface area (Å²) in [5, 5.41) is 8.68. The van der Waals surface area contributed by atoms with Gasteiger partial charge in [0.15, 0.2) is 0 Å². The van der Waals surface area contributed by atoms with E-state index in [-0.39, 0.29) is 18.9 Å². The van der Waals surface area contributed by atoms with Crippen molar-refractivity contribution in [1.82, 2.24) is 14.9 Å². The van der Waals surface area contributed by atoms with Crippen LogP contribution >= 0.6 is 0 Å². The second-order valence-electron chi connectivity index (χ2n) is 5.11. The van der Waals surface area contributed by atoms with Gasteiger partial charge in [0, 0.05) is 37.9 Å². The lowest BCUT2D eigenvalue weighted by Gasteiger charge is -2.17. The zero-order chi connectivity index (χ0) is 15.8. The Labute approximate surface area is 123 Å². The lowest BCUT2D eigenvalue weighted by Crippen LogP contribution is -2.30. The highest BCUT2D eigenvalue weighted by Gasteiger charge is 2.12. The van der Waals surface area contributed by atoms with Crippen molar-refractivity contribution in [3.8, 4) is 0 Å². The molecule has 118 valence electrons. The Morgan fingerprint density at radius 3 is 2.52 bits per heavy atom. The second kappa shape index (κ2) is 8.41. The lowest BCUT2D eigenvalue weighted by molar-refractivity contribution is -0.129. The molecule has 0 unspecified atom stereocenters. The molecule has 1 heterocycles. The number of unbranched alkanes of at least 4 members (excludes halogenated alkanes) is 2. The van der Waals surface area contributed by atoms with Gasteiger partial charge in [-0.2, -0.15) is 0 Å². The van der Waals surface area contributed by atoms with E-state index in [1.165, 1.54) is 0 Å². The first-order chi connectivity index (χ1) is 9.95. The highest BCUT2D eigenvalue weighted by molar-refractivity contribution is 5.76. The standard InChI is InChI=1S/C14H23N3O4/c1-10-11(13(20)16-14(21)15-10)6-7-12(19)17(2)8-4-3-5-9-18/h18H,3-9H2,1-2H3,(H2,15,16,20,21). The molecule has 1 amide bonds. The topological polar surface area (TPSA) is 106 Å². The number of carbonyl (C=O) groups is 1. The Bertz CT molecular complexity index is 576. The summed E-state index contributed by atoms with van der Waals surface area (Å²) in [6.07, 6.45) is 3.01. The quantitative estimate of drug-likeness (QED) is 0.584. The van der Waals surface area contributed by atoms with Crippen LogP contribution in [0.1, 0.15) is 36.9 Å². The molecule has 0 spiro atoms. The average molecular weight is 297 g/mol. The van der Waals surface area contributed by atoms with Gasteiger partial charge < -0.3 is 15.0 Å². The lowest BCUT2D eigenvalue weighted by atomic mass is 10.1. The molecule has 7 nitrogen and oxygen atoms in total. The van der Waals surface area contributed by atoms with Crippen LogP contribution in [0.15, 0.2) is 9.59 Å². The molecular formula is C14H23N3O4. The van der Waals surface area contributed by atoms with Crippen molar-refractivity contribution in [3.63, 3.8) is 0 Å². The molecule has 0 aliphatic rings. The zero-order valence-electron chi connectivity index (χ0n) is 12.6. The van der Waals surface area contributed by atoms with E-state index in [0.29, 0.717) is 24.2 Å². The Balaban J connectivity index is 2.49. The number of carbonyl (C=O) groups excluding carboxylic acids is 1. The van der Waals surface area contributed by atoms with Crippen molar-refractivity contribution in [2.45, 2.75) is 39.0 Å². The van der Waals surface area contributed by atoms with Crippen LogP contribution in [-0.2, 0) is 11.2 Å². The van der Waals surface area contributed by atoms with Gasteiger partial charge in [0.25, 0.3) is 5.56 Å². The summed E-state index contributed by atoms with van der Waals surface area (Å²) in [5.74, 6) is -0.0380. The molecule has 1 aromatic rings. The molecule has 0 radical (unpaired) electrons. The van der Waals surface area contributed by atoms with E-state index in [1.54, 1.807) is 18.9 Å². The number of hydrogen-bond acceptors (Lipinski definition) is 4. The van der Waals surface area contributed by atoms with E-state index in [0.717, 1.165) is 19.3 Å². The van der Waals surface area contributed by atoms with Crippen molar-refractivity contribution in [2.75, 3.05) is 20.2 Å². The first-order valence-electron chi connectivity index (χ1n) is 7.12. The fourth-order valence-electron chi connectivity index (χ4n) is 2.11. The Kier molecular flexibility index (Phi) is 6.87. The summed E-state index contributed by atoms with van der Waals surface area (Å²) < 4.78 is 0. The molecule has 0 aliphatic heterocycles. The highest BCUT2D eigenvalue weighted by Crippen LogP contribution is 2.04. The van der Waals surface area contributed by atoms with Crippen LogP contribution in [0.2, 0.25) is 0 Å². The van der Waals surface area contributed by atoms with Gasteiger partial charge in [-0.3, -0.25) is 14.6 Å². The maximum atomic E-state index is 12.0. The molecule has 0 aromatic carbocycles. The summed E-state index contributed by atoms with van der Waals surface area (Å²) in [6, 6.07) is 0. The first kappa shape index (κ1) is 17.2. The van der Waals surface area contributed by atoms with Gasteiger partial charge in [0.2, 0.25) is 5.91 Å². The van der Waals surface area contributed by atoms with E-state index in [2.05, 4.69) is 9.97 Å². The molecule has 1 rings (SSSR count). The minimum Gasteiger partial charge on any atom is -0.396 e. The second-order valence-corrected chi connectivity index (χ2v) is 5.11. The van der Waals surface area contributed by atoms with Crippen LogP contribution in [0.3, 0.4) is 0 Å². The van der Waals surface area contributed by atoms with Crippen LogP contribution in [0.4, 0.5) is 0 Å². The maximum Gasteiger partial charge on any atom is 0.325 e. The molecule has 0 saturated carbocycles. The molecule has 0 atom stereocenters. The summed E-state index contributed by atoms with van der Waals surface area (Å²) in [5.41, 5.74) is -0.0259. The van der Waals surface area contributed by atoms with Crippen LogP contribution in [0, 0.1) is 6.92 Å². The fraction of sp³-hybridized carbons (Fsp3) is 0.643. The third-order valence-corrected chi connectivity index (χ3v) is 3.42. The first-order valence-corrected chi connectivity index (χ1v) is 7.12. The van der Waals surface area contributed by atoms with Crippen molar-refractivity contribution in [3.05, 3.63) is 32.1 Å². The molecule has 0 saturated heterocycles. The summed E-state index contributed by atoms with van der Waals surface area (Å²) in [6.45, 7) is 2.46. The predicted octanol–water partition coefficient (Wildman–Crippen LogP) is -0.0748. The van der Waals surface area contributed by atoms with Gasteiger partial charge in [-0.15, -0.1) is 0 Å². The van der Waals surface area contributed by atoms with E-state index in [4.69, 9.17) is 5.11 Å². The number of aromatic nitrogens is 2. The molecule has 0 fully saturated rings. The molecule has 21 heavy (non-hydrogen) atoms. The van der Waals surface area contributed by atoms with E-state index >= 15 is 0 Å². The number of aliphatic hydroxyl groups excluding tert-OH is 1. The minimum atomic E-state index is -0.534. The van der Waals surface area contributed by atoms with Gasteiger partial charge in [-0.25, -0.2) is 4.79 Å².